The van der Waals surface area contributed by atoms with E-state index in [1.807, 2.05) is 0 Å². The molecule has 8 nitrogen and oxygen atoms in total. The van der Waals surface area contributed by atoms with Gasteiger partial charge in [0.2, 0.25) is 11.8 Å². The largest absolute Gasteiger partial charge is 0.454 e. The smallest absolute Gasteiger partial charge is 0.333 e. The molecule has 0 saturated heterocycles. The normalized spacial score (nSPS) is 13.6. The van der Waals surface area contributed by atoms with Crippen LogP contribution < -0.4 is 15.4 Å². The lowest BCUT2D eigenvalue weighted by Gasteiger charge is -2.16. The van der Waals surface area contributed by atoms with Crippen molar-refractivity contribution in [3.63, 3.8) is 0 Å². The fourth-order valence-corrected chi connectivity index (χ4v) is 4.48. The average molecular weight is 576 g/mol. The predicted molar refractivity (Wildman–Crippen MR) is 146 cm³/mol. The highest BCUT2D eigenvalue weighted by molar-refractivity contribution is 6.16. The number of benzene rings is 3. The molecule has 3 aromatic carbocycles. The molecule has 1 fully saturated rings. The van der Waals surface area contributed by atoms with E-state index in [9.17, 15) is 22.8 Å². The highest BCUT2D eigenvalue weighted by Gasteiger charge is 2.56. The molecule has 1 aliphatic carbocycles. The molecule has 5 aromatic rings. The van der Waals surface area contributed by atoms with Crippen LogP contribution in [0.2, 0.25) is 0 Å². The molecule has 1 aliphatic rings. The number of rotatable bonds is 8. The summed E-state index contributed by atoms with van der Waals surface area (Å²) in [7, 11) is 0. The Bertz CT molecular complexity index is 1820. The van der Waals surface area contributed by atoms with Gasteiger partial charge in [-0.25, -0.2) is 13.5 Å². The second-order valence-electron chi connectivity index (χ2n) is 9.77. The minimum Gasteiger partial charge on any atom is -0.454 e. The third kappa shape index (κ3) is 5.26. The summed E-state index contributed by atoms with van der Waals surface area (Å²) in [6.45, 7) is -2.76. The molecule has 0 atom stereocenters. The number of ether oxygens (including phenoxy) is 1. The highest BCUT2D eigenvalue weighted by atomic mass is 19.3. The molecule has 0 bridgehead atoms. The molecule has 0 unspecified atom stereocenters. The Balaban J connectivity index is 1.15. The van der Waals surface area contributed by atoms with Crippen molar-refractivity contribution in [1.29, 1.82) is 0 Å². The lowest BCUT2D eigenvalue weighted by molar-refractivity contribution is -0.131. The fraction of sp³-hybridized carbons (Fsp3) is 0.133. The molecular weight excluding hydrogens is 554 g/mol. The van der Waals surface area contributed by atoms with E-state index in [1.54, 1.807) is 24.3 Å². The first-order valence-electron chi connectivity index (χ1n) is 12.8. The van der Waals surface area contributed by atoms with Gasteiger partial charge in [-0.3, -0.25) is 14.6 Å². The van der Waals surface area contributed by atoms with Crippen molar-refractivity contribution in [2.24, 2.45) is 5.41 Å². The summed E-state index contributed by atoms with van der Waals surface area (Å²) in [5, 5.41) is 9.42. The quantitative estimate of drug-likeness (QED) is 0.155. The van der Waals surface area contributed by atoms with Crippen LogP contribution in [0.1, 0.15) is 19.4 Å². The Morgan fingerprint density at radius 2 is 1.57 bits per heavy atom. The molecule has 2 heterocycles. The van der Waals surface area contributed by atoms with Gasteiger partial charge in [0, 0.05) is 40.8 Å². The summed E-state index contributed by atoms with van der Waals surface area (Å²) in [6, 6.07) is 15.7. The van der Waals surface area contributed by atoms with Crippen LogP contribution in [0.4, 0.5) is 28.9 Å². The van der Waals surface area contributed by atoms with Gasteiger partial charge in [-0.1, -0.05) is 6.07 Å². The number of nitrogens with one attached hydrogen (secondary N) is 2. The zero-order valence-electron chi connectivity index (χ0n) is 21.7. The molecule has 6 rings (SSSR count). The first-order valence-corrected chi connectivity index (χ1v) is 12.8. The number of carbonyl (C=O) groups excluding carboxylic acids is 2. The lowest BCUT2D eigenvalue weighted by Crippen LogP contribution is -2.35. The van der Waals surface area contributed by atoms with E-state index in [0.29, 0.717) is 51.0 Å². The zero-order valence-corrected chi connectivity index (χ0v) is 21.7. The maximum atomic E-state index is 15.1. The second kappa shape index (κ2) is 10.6. The van der Waals surface area contributed by atoms with Crippen LogP contribution in [0.25, 0.3) is 22.0 Å². The summed E-state index contributed by atoms with van der Waals surface area (Å²) in [5.74, 6) is -2.12. The molecule has 1 saturated carbocycles. The molecule has 0 radical (unpaired) electrons. The molecule has 2 N–H and O–H groups in total. The van der Waals surface area contributed by atoms with Crippen LogP contribution in [0.15, 0.2) is 85.3 Å². The van der Waals surface area contributed by atoms with Gasteiger partial charge in [0.05, 0.1) is 11.7 Å². The Kier molecular flexibility index (Phi) is 6.81. The molecule has 0 aliphatic heterocycles. The number of carbonyl (C=O) groups is 2. The third-order valence-corrected chi connectivity index (χ3v) is 6.97. The van der Waals surface area contributed by atoms with Gasteiger partial charge >= 0.3 is 6.55 Å². The van der Waals surface area contributed by atoms with E-state index in [2.05, 4.69) is 20.7 Å². The number of nitrogens with zero attached hydrogens (tertiary/aromatic N) is 3. The van der Waals surface area contributed by atoms with Gasteiger partial charge in [-0.2, -0.15) is 13.9 Å². The molecular formula is C30H21F4N5O3. The maximum Gasteiger partial charge on any atom is 0.333 e. The second-order valence-corrected chi connectivity index (χ2v) is 9.77. The van der Waals surface area contributed by atoms with Crippen molar-refractivity contribution in [2.45, 2.75) is 19.4 Å². The van der Waals surface area contributed by atoms with Crippen LogP contribution in [0.5, 0.6) is 11.5 Å². The summed E-state index contributed by atoms with van der Waals surface area (Å²) in [4.78, 5) is 30.0. The first kappa shape index (κ1) is 26.9. The molecule has 2 aromatic heterocycles. The van der Waals surface area contributed by atoms with Gasteiger partial charge < -0.3 is 15.4 Å². The zero-order chi connectivity index (χ0) is 29.4. The van der Waals surface area contributed by atoms with Crippen molar-refractivity contribution in [3.8, 4) is 22.6 Å². The minimum atomic E-state index is -2.76. The van der Waals surface area contributed by atoms with E-state index < -0.39 is 35.4 Å². The Labute approximate surface area is 235 Å². The number of halogens is 4. The highest BCUT2D eigenvalue weighted by Crippen LogP contribution is 2.47. The topological polar surface area (TPSA) is 98.1 Å². The van der Waals surface area contributed by atoms with Crippen LogP contribution in [-0.2, 0) is 9.59 Å². The van der Waals surface area contributed by atoms with E-state index in [-0.39, 0.29) is 11.4 Å². The van der Waals surface area contributed by atoms with Gasteiger partial charge in [0.15, 0.2) is 11.6 Å². The summed E-state index contributed by atoms with van der Waals surface area (Å²) < 4.78 is 60.4. The Morgan fingerprint density at radius 3 is 2.24 bits per heavy atom. The number of fused-ring (bicyclic) bond motifs is 1. The van der Waals surface area contributed by atoms with Crippen LogP contribution in [0, 0.1) is 17.0 Å². The number of alkyl halides is 2. The monoisotopic (exact) mass is 575 g/mol. The molecule has 212 valence electrons. The standard InChI is InChI=1S/C30H21F4N5O3/c31-19-2-4-20(5-3-19)37-27(40)30(10-11-30)28(41)38-21-6-8-26(23(32)14-21)42-25-9-12-35-24-13-17(1-7-22(24)25)18-15-36-39(16-18)29(33)34/h1-9,12-16,29H,10-11H2,(H,37,40)(H,38,41). The van der Waals surface area contributed by atoms with Gasteiger partial charge in [-0.15, -0.1) is 0 Å². The SMILES string of the molecule is O=C(Nc1ccc(F)cc1)C1(C(=O)Nc2ccc(Oc3ccnc4cc(-c5cnn(C(F)F)c5)ccc34)c(F)c2)CC1. The van der Waals surface area contributed by atoms with E-state index >= 15 is 4.39 Å². The lowest BCUT2D eigenvalue weighted by atomic mass is 10.0. The van der Waals surface area contributed by atoms with E-state index in [1.165, 1.54) is 55.0 Å². The average Bonchev–Trinajstić information content (AvgIpc) is 3.65. The summed E-state index contributed by atoms with van der Waals surface area (Å²) in [5.41, 5.74) is 0.787. The van der Waals surface area contributed by atoms with E-state index in [0.717, 1.165) is 6.07 Å². The number of pyridine rings is 1. The van der Waals surface area contributed by atoms with Crippen LogP contribution in [0.3, 0.4) is 0 Å². The van der Waals surface area contributed by atoms with Crippen LogP contribution >= 0.6 is 0 Å². The fourth-order valence-electron chi connectivity index (χ4n) is 4.48. The van der Waals surface area contributed by atoms with Crippen molar-refractivity contribution >= 4 is 34.1 Å². The van der Waals surface area contributed by atoms with Gasteiger partial charge in [-0.05, 0) is 73.0 Å². The Morgan fingerprint density at radius 1 is 0.857 bits per heavy atom. The molecule has 42 heavy (non-hydrogen) atoms. The number of hydrogen-bond acceptors (Lipinski definition) is 5. The van der Waals surface area contributed by atoms with Gasteiger partial charge in [0.25, 0.3) is 0 Å². The Hall–Kier alpha value is -5.26. The number of aromatic nitrogens is 3. The number of hydrogen-bond donors (Lipinski definition) is 2. The predicted octanol–water partition coefficient (Wildman–Crippen LogP) is 6.92. The van der Waals surface area contributed by atoms with Crippen molar-refractivity contribution in [2.75, 3.05) is 10.6 Å². The van der Waals surface area contributed by atoms with Crippen molar-refractivity contribution in [3.05, 3.63) is 97.0 Å². The maximum absolute atomic E-state index is 15.1. The first-order chi connectivity index (χ1) is 20.2. The molecule has 12 heteroatoms. The minimum absolute atomic E-state index is 0.113. The van der Waals surface area contributed by atoms with Gasteiger partial charge in [0.1, 0.15) is 17.0 Å². The van der Waals surface area contributed by atoms with E-state index in [4.69, 9.17) is 4.74 Å². The number of amides is 2. The van der Waals surface area contributed by atoms with Crippen molar-refractivity contribution < 1.29 is 31.9 Å². The summed E-state index contributed by atoms with van der Waals surface area (Å²) in [6.07, 6.45) is 4.67. The molecule has 2 amide bonds. The van der Waals surface area contributed by atoms with Crippen molar-refractivity contribution in [1.82, 2.24) is 14.8 Å². The summed E-state index contributed by atoms with van der Waals surface area (Å²) >= 11 is 0. The third-order valence-electron chi connectivity index (χ3n) is 6.97. The number of anilines is 2. The van der Waals surface area contributed by atoms with Crippen LogP contribution in [-0.4, -0.2) is 26.6 Å². The molecule has 0 spiro atoms.